The molecule has 0 radical (unpaired) electrons. The molecule has 6 heteroatoms. The molecule has 0 saturated heterocycles. The number of aromatic nitrogens is 2. The zero-order valence-electron chi connectivity index (χ0n) is 15.6. The van der Waals surface area contributed by atoms with Gasteiger partial charge in [0, 0.05) is 29.4 Å². The van der Waals surface area contributed by atoms with Gasteiger partial charge in [-0.15, -0.1) is 0 Å². The van der Waals surface area contributed by atoms with Gasteiger partial charge in [-0.05, 0) is 29.8 Å². The number of carbonyl (C=O) groups excluding carboxylic acids is 1. The van der Waals surface area contributed by atoms with E-state index in [-0.39, 0.29) is 11.3 Å². The van der Waals surface area contributed by atoms with E-state index in [9.17, 15) is 9.59 Å². The second kappa shape index (κ2) is 7.89. The summed E-state index contributed by atoms with van der Waals surface area (Å²) in [5.74, 6) is -0.226. The van der Waals surface area contributed by atoms with Crippen molar-refractivity contribution in [1.82, 2.24) is 9.78 Å². The van der Waals surface area contributed by atoms with Crippen LogP contribution in [0.25, 0.3) is 10.8 Å². The number of rotatable bonds is 4. The van der Waals surface area contributed by atoms with Gasteiger partial charge in [0.25, 0.3) is 5.56 Å². The van der Waals surface area contributed by atoms with Crippen molar-refractivity contribution in [3.8, 4) is 5.75 Å². The number of fused-ring (bicyclic) bond motifs is 1. The zero-order chi connectivity index (χ0) is 20.4. The van der Waals surface area contributed by atoms with Gasteiger partial charge in [0.2, 0.25) is 0 Å². The van der Waals surface area contributed by atoms with Gasteiger partial charge in [-0.3, -0.25) is 4.79 Å². The summed E-state index contributed by atoms with van der Waals surface area (Å²) in [6, 6.07) is 21.8. The van der Waals surface area contributed by atoms with Crippen molar-refractivity contribution in [1.29, 1.82) is 0 Å². The van der Waals surface area contributed by atoms with Crippen LogP contribution in [-0.4, -0.2) is 15.7 Å². The van der Waals surface area contributed by atoms with E-state index in [2.05, 4.69) is 5.10 Å². The lowest BCUT2D eigenvalue weighted by molar-refractivity contribution is 0.0727. The maximum atomic E-state index is 12.9. The topological polar surface area (TPSA) is 61.2 Å². The number of halogens is 1. The highest BCUT2D eigenvalue weighted by atomic mass is 35.5. The van der Waals surface area contributed by atoms with Crippen molar-refractivity contribution in [2.24, 2.45) is 7.05 Å². The molecule has 0 amide bonds. The number of hydrogen-bond donors (Lipinski definition) is 0. The predicted octanol–water partition coefficient (Wildman–Crippen LogP) is 4.40. The van der Waals surface area contributed by atoms with Crippen LogP contribution in [0.2, 0.25) is 5.02 Å². The minimum atomic E-state index is -0.631. The number of benzene rings is 3. The zero-order valence-corrected chi connectivity index (χ0v) is 16.4. The molecular formula is C23H17ClN2O3. The average molecular weight is 405 g/mol. The number of carbonyl (C=O) groups is 1. The monoisotopic (exact) mass is 404 g/mol. The summed E-state index contributed by atoms with van der Waals surface area (Å²) >= 11 is 6.16. The highest BCUT2D eigenvalue weighted by Gasteiger charge is 2.19. The molecule has 0 spiro atoms. The van der Waals surface area contributed by atoms with Crippen LogP contribution in [0, 0.1) is 0 Å². The van der Waals surface area contributed by atoms with Crippen LogP contribution in [0.4, 0.5) is 0 Å². The van der Waals surface area contributed by atoms with E-state index in [0.717, 1.165) is 15.8 Å². The first-order valence-corrected chi connectivity index (χ1v) is 9.41. The molecule has 0 aliphatic heterocycles. The third-order valence-electron chi connectivity index (χ3n) is 4.61. The minimum absolute atomic E-state index is 0.0864. The lowest BCUT2D eigenvalue weighted by atomic mass is 10.0. The highest BCUT2D eigenvalue weighted by molar-refractivity contribution is 6.30. The minimum Gasteiger partial charge on any atom is -0.421 e. The maximum absolute atomic E-state index is 12.9. The SMILES string of the molecule is Cn1nc(C(=O)Oc2ccc(Cl)cc2Cc2ccccc2)c2ccccc2c1=O. The number of hydrogen-bond acceptors (Lipinski definition) is 4. The Morgan fingerprint density at radius 2 is 1.69 bits per heavy atom. The summed E-state index contributed by atoms with van der Waals surface area (Å²) in [6.45, 7) is 0. The van der Waals surface area contributed by atoms with Crippen molar-refractivity contribution in [2.45, 2.75) is 6.42 Å². The van der Waals surface area contributed by atoms with Gasteiger partial charge in [0.05, 0.1) is 5.39 Å². The Morgan fingerprint density at radius 3 is 2.45 bits per heavy atom. The maximum Gasteiger partial charge on any atom is 0.364 e. The van der Waals surface area contributed by atoms with E-state index in [1.807, 2.05) is 30.3 Å². The Kier molecular flexibility index (Phi) is 5.14. The molecule has 1 aromatic heterocycles. The van der Waals surface area contributed by atoms with Gasteiger partial charge in [0.15, 0.2) is 5.69 Å². The molecule has 0 fully saturated rings. The second-order valence-electron chi connectivity index (χ2n) is 6.63. The largest absolute Gasteiger partial charge is 0.421 e. The van der Waals surface area contributed by atoms with Gasteiger partial charge in [0.1, 0.15) is 5.75 Å². The van der Waals surface area contributed by atoms with E-state index in [0.29, 0.717) is 28.0 Å². The van der Waals surface area contributed by atoms with E-state index in [1.54, 1.807) is 42.5 Å². The normalized spacial score (nSPS) is 10.8. The summed E-state index contributed by atoms with van der Waals surface area (Å²) in [6.07, 6.45) is 0.561. The smallest absolute Gasteiger partial charge is 0.364 e. The summed E-state index contributed by atoms with van der Waals surface area (Å²) < 4.78 is 6.83. The van der Waals surface area contributed by atoms with Gasteiger partial charge in [-0.2, -0.15) is 5.10 Å². The van der Waals surface area contributed by atoms with Crippen LogP contribution in [0.1, 0.15) is 21.6 Å². The van der Waals surface area contributed by atoms with Gasteiger partial charge < -0.3 is 4.74 Å². The first-order valence-electron chi connectivity index (χ1n) is 9.03. The van der Waals surface area contributed by atoms with E-state index in [4.69, 9.17) is 16.3 Å². The third-order valence-corrected chi connectivity index (χ3v) is 4.85. The summed E-state index contributed by atoms with van der Waals surface area (Å²) in [5.41, 5.74) is 1.67. The summed E-state index contributed by atoms with van der Waals surface area (Å²) in [7, 11) is 1.51. The van der Waals surface area contributed by atoms with E-state index in [1.165, 1.54) is 7.05 Å². The fraction of sp³-hybridized carbons (Fsp3) is 0.0870. The molecule has 3 aromatic carbocycles. The molecule has 0 aliphatic rings. The van der Waals surface area contributed by atoms with Crippen molar-refractivity contribution in [3.05, 3.63) is 105 Å². The quantitative estimate of drug-likeness (QED) is 0.373. The van der Waals surface area contributed by atoms with Crippen molar-refractivity contribution < 1.29 is 9.53 Å². The second-order valence-corrected chi connectivity index (χ2v) is 7.06. The van der Waals surface area contributed by atoms with Crippen LogP contribution < -0.4 is 10.3 Å². The Morgan fingerprint density at radius 1 is 1.00 bits per heavy atom. The molecule has 1 heterocycles. The van der Waals surface area contributed by atoms with Crippen LogP contribution in [-0.2, 0) is 13.5 Å². The van der Waals surface area contributed by atoms with Crippen LogP contribution in [0.3, 0.4) is 0 Å². The van der Waals surface area contributed by atoms with Gasteiger partial charge >= 0.3 is 5.97 Å². The molecule has 29 heavy (non-hydrogen) atoms. The van der Waals surface area contributed by atoms with E-state index < -0.39 is 5.97 Å². The molecule has 4 rings (SSSR count). The number of esters is 1. The Labute approximate surface area is 172 Å². The Bertz CT molecular complexity index is 1270. The predicted molar refractivity (Wildman–Crippen MR) is 113 cm³/mol. The molecule has 0 atom stereocenters. The lowest BCUT2D eigenvalue weighted by Gasteiger charge is -2.12. The van der Waals surface area contributed by atoms with Crippen LogP contribution >= 0.6 is 11.6 Å². The lowest BCUT2D eigenvalue weighted by Crippen LogP contribution is -2.24. The molecule has 0 N–H and O–H groups in total. The van der Waals surface area contributed by atoms with Crippen molar-refractivity contribution in [2.75, 3.05) is 0 Å². The van der Waals surface area contributed by atoms with Crippen LogP contribution in [0.5, 0.6) is 5.75 Å². The first kappa shape index (κ1) is 18.9. The van der Waals surface area contributed by atoms with E-state index >= 15 is 0 Å². The molecule has 144 valence electrons. The molecule has 0 aliphatic carbocycles. The van der Waals surface area contributed by atoms with Crippen LogP contribution in [0.15, 0.2) is 77.6 Å². The van der Waals surface area contributed by atoms with Crippen molar-refractivity contribution in [3.63, 3.8) is 0 Å². The average Bonchev–Trinajstić information content (AvgIpc) is 2.73. The molecule has 0 unspecified atom stereocenters. The molecule has 4 aromatic rings. The summed E-state index contributed by atoms with van der Waals surface area (Å²) in [4.78, 5) is 25.2. The molecule has 0 saturated carbocycles. The fourth-order valence-electron chi connectivity index (χ4n) is 3.20. The number of ether oxygens (including phenoxy) is 1. The molecular weight excluding hydrogens is 388 g/mol. The standard InChI is InChI=1S/C23H17ClN2O3/c1-26-22(27)19-10-6-5-9-18(19)21(25-26)23(28)29-20-12-11-17(24)14-16(20)13-15-7-3-2-4-8-15/h2-12,14H,13H2,1H3. The number of aryl methyl sites for hydroxylation is 1. The highest BCUT2D eigenvalue weighted by Crippen LogP contribution is 2.27. The Hall–Kier alpha value is -3.44. The first-order chi connectivity index (χ1) is 14.0. The van der Waals surface area contributed by atoms with Crippen molar-refractivity contribution >= 4 is 28.3 Å². The number of nitrogens with zero attached hydrogens (tertiary/aromatic N) is 2. The molecule has 5 nitrogen and oxygen atoms in total. The fourth-order valence-corrected chi connectivity index (χ4v) is 3.39. The molecule has 0 bridgehead atoms. The summed E-state index contributed by atoms with van der Waals surface area (Å²) in [5, 5.41) is 5.56. The third kappa shape index (κ3) is 3.91. The van der Waals surface area contributed by atoms with Gasteiger partial charge in [-0.1, -0.05) is 60.1 Å². The Balaban J connectivity index is 1.72. The van der Waals surface area contributed by atoms with Gasteiger partial charge in [-0.25, -0.2) is 9.48 Å².